The van der Waals surface area contributed by atoms with E-state index in [-0.39, 0.29) is 41.6 Å². The van der Waals surface area contributed by atoms with Gasteiger partial charge in [-0.05, 0) is 37.3 Å². The van der Waals surface area contributed by atoms with Crippen LogP contribution in [-0.2, 0) is 20.5 Å². The number of anilines is 1. The zero-order valence-corrected chi connectivity index (χ0v) is 21.5. The van der Waals surface area contributed by atoms with Gasteiger partial charge in [0, 0.05) is 30.6 Å². The second-order valence-corrected chi connectivity index (χ2v) is 10.7. The van der Waals surface area contributed by atoms with Gasteiger partial charge in [-0.15, -0.1) is 0 Å². The molecule has 5 heterocycles. The number of amides is 2. The number of halogens is 4. The molecular weight excluding hydrogens is 553 g/mol. The number of ether oxygens (including phenoxy) is 2. The Kier molecular flexibility index (Phi) is 5.85. The molecule has 0 unspecified atom stereocenters. The SMILES string of the molecule is C[C@@]12O[C@@](CCOc3ncc(C(F)(F)F)cc3Cl)(C[C@H]1O)[C@@H]1C(=O)N(c3ccc(C#N)c4ncccc34)C(=O)[C@@H]12. The Hall–Kier alpha value is -3.79. The van der Waals surface area contributed by atoms with Crippen LogP contribution in [0, 0.1) is 23.2 Å². The van der Waals surface area contributed by atoms with Crippen molar-refractivity contribution >= 4 is 40.0 Å². The first-order valence-electron chi connectivity index (χ1n) is 12.3. The number of nitriles is 1. The van der Waals surface area contributed by atoms with Crippen molar-refractivity contribution in [2.75, 3.05) is 11.5 Å². The fourth-order valence-electron chi connectivity index (χ4n) is 6.31. The average Bonchev–Trinajstić information content (AvgIpc) is 3.44. The number of carbonyl (C=O) groups is 2. The normalized spacial score (nSPS) is 29.2. The van der Waals surface area contributed by atoms with Crippen molar-refractivity contribution in [1.82, 2.24) is 9.97 Å². The van der Waals surface area contributed by atoms with Crippen LogP contribution in [0.3, 0.4) is 0 Å². The van der Waals surface area contributed by atoms with Crippen molar-refractivity contribution in [3.8, 4) is 11.9 Å². The van der Waals surface area contributed by atoms with Crippen LogP contribution in [0.2, 0.25) is 5.02 Å². The summed E-state index contributed by atoms with van der Waals surface area (Å²) in [5, 5.41) is 20.5. The number of aliphatic hydroxyl groups excluding tert-OH is 1. The van der Waals surface area contributed by atoms with E-state index in [4.69, 9.17) is 21.1 Å². The predicted molar refractivity (Wildman–Crippen MR) is 133 cm³/mol. The van der Waals surface area contributed by atoms with Crippen LogP contribution in [0.4, 0.5) is 18.9 Å². The third-order valence-corrected chi connectivity index (χ3v) is 8.39. The number of nitrogens with zero attached hydrogens (tertiary/aromatic N) is 4. The van der Waals surface area contributed by atoms with E-state index in [1.807, 2.05) is 0 Å². The fraction of sp³-hybridized carbons (Fsp3) is 0.370. The van der Waals surface area contributed by atoms with Gasteiger partial charge in [0.25, 0.3) is 0 Å². The highest BCUT2D eigenvalue weighted by atomic mass is 35.5. The molecule has 6 rings (SSSR count). The zero-order valence-electron chi connectivity index (χ0n) is 20.8. The number of fused-ring (bicyclic) bond motifs is 6. The lowest BCUT2D eigenvalue weighted by Gasteiger charge is -2.33. The lowest BCUT2D eigenvalue weighted by atomic mass is 9.66. The number of benzene rings is 1. The standard InChI is InChI=1S/C27H20ClF3N4O5/c1-25-18(36)10-26(40-25,6-8-39-22-16(28)9-14(12-34-22)27(29,30)31)20-19(25)23(37)35(24(20)38)17-5-4-13(11-32)21-15(17)3-2-7-33-21/h2-5,7,9,12,18-20,36H,6,8,10H2,1H3/t18-,19-,20+,25-,26+/m1/s1. The number of alkyl halides is 3. The minimum Gasteiger partial charge on any atom is -0.476 e. The van der Waals surface area contributed by atoms with Gasteiger partial charge < -0.3 is 14.6 Å². The molecule has 13 heteroatoms. The average molecular weight is 573 g/mol. The Labute approximate surface area is 230 Å². The number of hydrogen-bond acceptors (Lipinski definition) is 8. The topological polar surface area (TPSA) is 126 Å². The second kappa shape index (κ2) is 8.86. The fourth-order valence-corrected chi connectivity index (χ4v) is 6.53. The van der Waals surface area contributed by atoms with Gasteiger partial charge in [-0.25, -0.2) is 9.88 Å². The molecular formula is C27H20ClF3N4O5. The molecule has 0 spiro atoms. The van der Waals surface area contributed by atoms with Gasteiger partial charge in [-0.2, -0.15) is 18.4 Å². The van der Waals surface area contributed by atoms with Gasteiger partial charge in [-0.1, -0.05) is 11.6 Å². The minimum atomic E-state index is -4.62. The third-order valence-electron chi connectivity index (χ3n) is 8.12. The maximum absolute atomic E-state index is 13.9. The Morgan fingerprint density at radius 1 is 1.25 bits per heavy atom. The smallest absolute Gasteiger partial charge is 0.417 e. The number of imide groups is 1. The van der Waals surface area contributed by atoms with E-state index in [0.29, 0.717) is 23.2 Å². The van der Waals surface area contributed by atoms with Gasteiger partial charge in [-0.3, -0.25) is 14.6 Å². The van der Waals surface area contributed by atoms with E-state index in [2.05, 4.69) is 16.0 Å². The number of carbonyl (C=O) groups excluding carboxylic acids is 2. The Balaban J connectivity index is 1.31. The molecule has 3 aliphatic rings. The molecule has 0 aliphatic carbocycles. The largest absolute Gasteiger partial charge is 0.476 e. The molecule has 3 saturated heterocycles. The molecule has 0 saturated carbocycles. The van der Waals surface area contributed by atoms with Crippen LogP contribution in [-0.4, -0.2) is 50.8 Å². The molecule has 206 valence electrons. The molecule has 3 aromatic rings. The van der Waals surface area contributed by atoms with E-state index in [1.54, 1.807) is 19.1 Å². The minimum absolute atomic E-state index is 0.0301. The van der Waals surface area contributed by atoms with E-state index in [1.165, 1.54) is 18.3 Å². The maximum Gasteiger partial charge on any atom is 0.417 e. The molecule has 1 N–H and O–H groups in total. The van der Waals surface area contributed by atoms with Crippen molar-refractivity contribution in [3.63, 3.8) is 0 Å². The summed E-state index contributed by atoms with van der Waals surface area (Å²) in [5.74, 6) is -3.23. The Bertz CT molecular complexity index is 1630. The van der Waals surface area contributed by atoms with Gasteiger partial charge in [0.05, 0.1) is 52.5 Å². The van der Waals surface area contributed by atoms with Crippen LogP contribution in [0.1, 0.15) is 30.9 Å². The number of pyridine rings is 2. The quantitative estimate of drug-likeness (QED) is 0.454. The monoisotopic (exact) mass is 572 g/mol. The van der Waals surface area contributed by atoms with Crippen molar-refractivity contribution in [3.05, 3.63) is 58.9 Å². The summed E-state index contributed by atoms with van der Waals surface area (Å²) in [6.45, 7) is 1.43. The lowest BCUT2D eigenvalue weighted by Crippen LogP contribution is -2.49. The van der Waals surface area contributed by atoms with E-state index in [9.17, 15) is 33.1 Å². The first-order valence-corrected chi connectivity index (χ1v) is 12.7. The van der Waals surface area contributed by atoms with Gasteiger partial charge in [0.2, 0.25) is 17.7 Å². The van der Waals surface area contributed by atoms with Crippen LogP contribution < -0.4 is 9.64 Å². The Morgan fingerprint density at radius 2 is 2.00 bits per heavy atom. The highest BCUT2D eigenvalue weighted by Crippen LogP contribution is 2.62. The summed E-state index contributed by atoms with van der Waals surface area (Å²) >= 11 is 5.95. The van der Waals surface area contributed by atoms with Gasteiger partial charge in [0.15, 0.2) is 0 Å². The van der Waals surface area contributed by atoms with Crippen LogP contribution in [0.15, 0.2) is 42.7 Å². The van der Waals surface area contributed by atoms with Crippen molar-refractivity contribution < 1.29 is 37.3 Å². The highest BCUT2D eigenvalue weighted by molar-refractivity contribution is 6.31. The Morgan fingerprint density at radius 3 is 2.70 bits per heavy atom. The summed E-state index contributed by atoms with van der Waals surface area (Å²) < 4.78 is 50.6. The van der Waals surface area contributed by atoms with Crippen molar-refractivity contribution in [1.29, 1.82) is 5.26 Å². The van der Waals surface area contributed by atoms with Gasteiger partial charge >= 0.3 is 6.18 Å². The van der Waals surface area contributed by atoms with E-state index < -0.39 is 52.7 Å². The molecule has 3 fully saturated rings. The van der Waals surface area contributed by atoms with Gasteiger partial charge in [0.1, 0.15) is 16.7 Å². The molecule has 0 radical (unpaired) electrons. The summed E-state index contributed by atoms with van der Waals surface area (Å²) in [5.41, 5.74) is -2.75. The summed E-state index contributed by atoms with van der Waals surface area (Å²) in [6.07, 6.45) is -3.49. The molecule has 40 heavy (non-hydrogen) atoms. The van der Waals surface area contributed by atoms with Crippen molar-refractivity contribution in [2.24, 2.45) is 11.8 Å². The number of rotatable bonds is 5. The second-order valence-electron chi connectivity index (χ2n) is 10.3. The number of aliphatic hydroxyl groups is 1. The number of aromatic nitrogens is 2. The predicted octanol–water partition coefficient (Wildman–Crippen LogP) is 4.04. The van der Waals surface area contributed by atoms with Crippen LogP contribution >= 0.6 is 11.6 Å². The molecule has 9 nitrogen and oxygen atoms in total. The summed E-state index contributed by atoms with van der Waals surface area (Å²) in [7, 11) is 0. The molecule has 2 bridgehead atoms. The van der Waals surface area contributed by atoms with Crippen LogP contribution in [0.25, 0.3) is 10.9 Å². The summed E-state index contributed by atoms with van der Waals surface area (Å²) in [4.78, 5) is 36.7. The molecule has 2 aromatic heterocycles. The first-order chi connectivity index (χ1) is 18.9. The lowest BCUT2D eigenvalue weighted by molar-refractivity contribution is -0.138. The van der Waals surface area contributed by atoms with E-state index >= 15 is 0 Å². The first kappa shape index (κ1) is 26.4. The van der Waals surface area contributed by atoms with Crippen molar-refractivity contribution in [2.45, 2.75) is 43.2 Å². The third kappa shape index (κ3) is 3.68. The summed E-state index contributed by atoms with van der Waals surface area (Å²) in [6, 6.07) is 9.07. The number of hydrogen-bond donors (Lipinski definition) is 1. The maximum atomic E-state index is 13.9. The van der Waals surface area contributed by atoms with Crippen LogP contribution in [0.5, 0.6) is 5.88 Å². The zero-order chi connectivity index (χ0) is 28.6. The molecule has 2 amide bonds. The highest BCUT2D eigenvalue weighted by Gasteiger charge is 2.77. The molecule has 5 atom stereocenters. The molecule has 3 aliphatic heterocycles. The molecule has 1 aromatic carbocycles. The van der Waals surface area contributed by atoms with E-state index in [0.717, 1.165) is 4.90 Å².